The quantitative estimate of drug-likeness (QED) is 0.676. The lowest BCUT2D eigenvalue weighted by Gasteiger charge is -2.13. The number of hydrogen-bond donors (Lipinski definition) is 1. The van der Waals surface area contributed by atoms with Gasteiger partial charge in [-0.1, -0.05) is 17.7 Å². The molecule has 1 unspecified atom stereocenters. The van der Waals surface area contributed by atoms with E-state index in [4.69, 9.17) is 21.4 Å². The van der Waals surface area contributed by atoms with E-state index in [-0.39, 0.29) is 11.0 Å². The smallest absolute Gasteiger partial charge is 0.344 e. The average Bonchev–Trinajstić information content (AvgIpc) is 2.53. The summed E-state index contributed by atoms with van der Waals surface area (Å²) in [6.07, 6.45) is -0.976. The molecule has 0 fully saturated rings. The summed E-state index contributed by atoms with van der Waals surface area (Å²) in [6, 6.07) is 11.4. The fraction of sp³-hybridized carbons (Fsp3) is 0.158. The predicted molar refractivity (Wildman–Crippen MR) is 94.6 cm³/mol. The molecule has 3 rings (SSSR count). The van der Waals surface area contributed by atoms with Gasteiger partial charge >= 0.3 is 5.97 Å². The third-order valence-corrected chi connectivity index (χ3v) is 4.08. The van der Waals surface area contributed by atoms with E-state index >= 15 is 0 Å². The Morgan fingerprint density at radius 3 is 2.64 bits per heavy atom. The van der Waals surface area contributed by atoms with Gasteiger partial charge in [-0.25, -0.2) is 14.2 Å². The van der Waals surface area contributed by atoms with Crippen LogP contribution in [0, 0.1) is 12.7 Å². The van der Waals surface area contributed by atoms with Gasteiger partial charge in [0.1, 0.15) is 16.7 Å². The fourth-order valence-electron chi connectivity index (χ4n) is 2.66. The van der Waals surface area contributed by atoms with Crippen molar-refractivity contribution >= 4 is 28.5 Å². The molecule has 1 N–H and O–H groups in total. The van der Waals surface area contributed by atoms with Crippen LogP contribution in [0.5, 0.6) is 5.75 Å². The summed E-state index contributed by atoms with van der Waals surface area (Å²) in [5.74, 6) is -0.968. The van der Waals surface area contributed by atoms with Crippen molar-refractivity contribution in [2.75, 3.05) is 0 Å². The molecule has 1 atom stereocenters. The maximum atomic E-state index is 13.4. The first-order valence-electron chi connectivity index (χ1n) is 7.61. The summed E-state index contributed by atoms with van der Waals surface area (Å²) >= 11 is 6.15. The first-order chi connectivity index (χ1) is 11.8. The minimum atomic E-state index is -1.05. The predicted octanol–water partition coefficient (Wildman–Crippen LogP) is 4.85. The number of halogens is 2. The summed E-state index contributed by atoms with van der Waals surface area (Å²) in [4.78, 5) is 15.2. The van der Waals surface area contributed by atoms with Gasteiger partial charge in [-0.3, -0.25) is 0 Å². The van der Waals surface area contributed by atoms with Gasteiger partial charge < -0.3 is 9.84 Å². The number of rotatable bonds is 4. The lowest BCUT2D eigenvalue weighted by Crippen LogP contribution is -2.22. The Labute approximate surface area is 148 Å². The Morgan fingerprint density at radius 2 is 1.96 bits per heavy atom. The van der Waals surface area contributed by atoms with Gasteiger partial charge in [0.15, 0.2) is 6.10 Å². The Morgan fingerprint density at radius 1 is 1.20 bits per heavy atom. The van der Waals surface area contributed by atoms with Crippen molar-refractivity contribution < 1.29 is 19.0 Å². The van der Waals surface area contributed by atoms with E-state index in [0.717, 1.165) is 22.1 Å². The summed E-state index contributed by atoms with van der Waals surface area (Å²) in [6.45, 7) is 3.27. The molecule has 0 amide bonds. The van der Waals surface area contributed by atoms with Gasteiger partial charge in [0.25, 0.3) is 0 Å². The molecule has 6 heteroatoms. The summed E-state index contributed by atoms with van der Waals surface area (Å²) < 4.78 is 18.8. The molecule has 1 aromatic heterocycles. The van der Waals surface area contributed by atoms with Crippen LogP contribution in [0.25, 0.3) is 22.0 Å². The third-order valence-electron chi connectivity index (χ3n) is 3.89. The number of hydrogen-bond acceptors (Lipinski definition) is 3. The van der Waals surface area contributed by atoms with Gasteiger partial charge in [-0.05, 0) is 60.9 Å². The standard InChI is InChI=1S/C19H15ClFNO3/c1-10-7-12(21)3-5-14(10)16-9-18(20)22-17-8-13(4-6-15(16)17)25-11(2)19(23)24/h3-9,11H,1-2H3,(H,23,24). The lowest BCUT2D eigenvalue weighted by molar-refractivity contribution is -0.144. The zero-order valence-electron chi connectivity index (χ0n) is 13.6. The molecule has 128 valence electrons. The second kappa shape index (κ2) is 6.69. The minimum Gasteiger partial charge on any atom is -0.479 e. The van der Waals surface area contributed by atoms with Crippen LogP contribution in [0.1, 0.15) is 12.5 Å². The fourth-order valence-corrected chi connectivity index (χ4v) is 2.86. The number of carboxylic acids is 1. The number of aromatic nitrogens is 1. The zero-order chi connectivity index (χ0) is 18.1. The number of benzene rings is 2. The highest BCUT2D eigenvalue weighted by Crippen LogP contribution is 2.34. The van der Waals surface area contributed by atoms with Crippen LogP contribution in [-0.2, 0) is 4.79 Å². The molecule has 0 aliphatic rings. The molecule has 0 saturated heterocycles. The molecule has 1 heterocycles. The van der Waals surface area contributed by atoms with Crippen LogP contribution in [0.15, 0.2) is 42.5 Å². The molecule has 3 aromatic rings. The van der Waals surface area contributed by atoms with E-state index in [2.05, 4.69) is 4.98 Å². The second-order valence-corrected chi connectivity index (χ2v) is 6.12. The molecule has 0 aliphatic carbocycles. The van der Waals surface area contributed by atoms with E-state index in [1.165, 1.54) is 19.1 Å². The molecular weight excluding hydrogens is 345 g/mol. The number of ether oxygens (including phenoxy) is 1. The zero-order valence-corrected chi connectivity index (χ0v) is 14.3. The maximum Gasteiger partial charge on any atom is 0.344 e. The molecule has 0 spiro atoms. The van der Waals surface area contributed by atoms with Crippen molar-refractivity contribution in [3.8, 4) is 16.9 Å². The highest BCUT2D eigenvalue weighted by Gasteiger charge is 2.15. The molecule has 4 nitrogen and oxygen atoms in total. The van der Waals surface area contributed by atoms with Crippen LogP contribution in [-0.4, -0.2) is 22.2 Å². The van der Waals surface area contributed by atoms with Gasteiger partial charge in [0.2, 0.25) is 0 Å². The van der Waals surface area contributed by atoms with Crippen molar-refractivity contribution in [2.45, 2.75) is 20.0 Å². The summed E-state index contributed by atoms with van der Waals surface area (Å²) in [5, 5.41) is 10.1. The molecular formula is C19H15ClFNO3. The van der Waals surface area contributed by atoms with Crippen molar-refractivity contribution in [2.24, 2.45) is 0 Å². The highest BCUT2D eigenvalue weighted by atomic mass is 35.5. The minimum absolute atomic E-state index is 0.287. The van der Waals surface area contributed by atoms with Crippen molar-refractivity contribution in [1.29, 1.82) is 0 Å². The number of fused-ring (bicyclic) bond motifs is 1. The van der Waals surface area contributed by atoms with Crippen molar-refractivity contribution in [1.82, 2.24) is 4.98 Å². The third kappa shape index (κ3) is 3.56. The topological polar surface area (TPSA) is 59.4 Å². The number of aryl methyl sites for hydroxylation is 1. The second-order valence-electron chi connectivity index (χ2n) is 5.73. The van der Waals surface area contributed by atoms with Gasteiger partial charge in [-0.15, -0.1) is 0 Å². The van der Waals surface area contributed by atoms with Crippen molar-refractivity contribution in [3.63, 3.8) is 0 Å². The molecule has 0 bridgehead atoms. The molecule has 0 aliphatic heterocycles. The van der Waals surface area contributed by atoms with Gasteiger partial charge in [0, 0.05) is 11.5 Å². The van der Waals surface area contributed by atoms with E-state index < -0.39 is 12.1 Å². The number of aliphatic carboxylic acids is 1. The van der Waals surface area contributed by atoms with Gasteiger partial charge in [-0.2, -0.15) is 0 Å². The Kier molecular flexibility index (Phi) is 4.59. The lowest BCUT2D eigenvalue weighted by atomic mass is 9.97. The van der Waals surface area contributed by atoms with Crippen LogP contribution in [0.2, 0.25) is 5.15 Å². The number of nitrogens with zero attached hydrogens (tertiary/aromatic N) is 1. The maximum absolute atomic E-state index is 13.4. The first kappa shape index (κ1) is 17.2. The van der Waals surface area contributed by atoms with Crippen LogP contribution < -0.4 is 4.74 Å². The number of carbonyl (C=O) groups is 1. The normalized spacial score (nSPS) is 12.2. The average molecular weight is 360 g/mol. The number of carboxylic acid groups (broad SMARTS) is 1. The van der Waals surface area contributed by atoms with Crippen molar-refractivity contribution in [3.05, 3.63) is 59.0 Å². The Bertz CT molecular complexity index is 974. The van der Waals surface area contributed by atoms with E-state index in [1.807, 2.05) is 6.92 Å². The van der Waals surface area contributed by atoms with E-state index in [9.17, 15) is 9.18 Å². The van der Waals surface area contributed by atoms with E-state index in [1.54, 1.807) is 30.3 Å². The first-order valence-corrected chi connectivity index (χ1v) is 7.99. The largest absolute Gasteiger partial charge is 0.479 e. The van der Waals surface area contributed by atoms with E-state index in [0.29, 0.717) is 11.3 Å². The number of pyridine rings is 1. The Hall–Kier alpha value is -2.66. The monoisotopic (exact) mass is 359 g/mol. The summed E-state index contributed by atoms with van der Waals surface area (Å²) in [7, 11) is 0. The van der Waals surface area contributed by atoms with Crippen LogP contribution in [0.3, 0.4) is 0 Å². The molecule has 0 radical (unpaired) electrons. The summed E-state index contributed by atoms with van der Waals surface area (Å²) in [5.41, 5.74) is 3.03. The molecule has 25 heavy (non-hydrogen) atoms. The SMILES string of the molecule is Cc1cc(F)ccc1-c1cc(Cl)nc2cc(OC(C)C(=O)O)ccc12. The van der Waals surface area contributed by atoms with Crippen LogP contribution >= 0.6 is 11.6 Å². The highest BCUT2D eigenvalue weighted by molar-refractivity contribution is 6.30. The molecule has 0 saturated carbocycles. The van der Waals surface area contributed by atoms with Gasteiger partial charge in [0.05, 0.1) is 5.52 Å². The van der Waals surface area contributed by atoms with Crippen LogP contribution in [0.4, 0.5) is 4.39 Å². The Balaban J connectivity index is 2.13. The molecule has 2 aromatic carbocycles.